The van der Waals surface area contributed by atoms with Crippen molar-refractivity contribution in [3.63, 3.8) is 0 Å². The lowest BCUT2D eigenvalue weighted by molar-refractivity contribution is 0.398. The maximum atomic E-state index is 9.90. The van der Waals surface area contributed by atoms with Crippen LogP contribution in [0.15, 0.2) is 24.3 Å². The lowest BCUT2D eigenvalue weighted by Gasteiger charge is -2.13. The molecular formula is C15H16O3. The Morgan fingerprint density at radius 1 is 0.778 bits per heavy atom. The van der Waals surface area contributed by atoms with Gasteiger partial charge in [-0.3, -0.25) is 0 Å². The fraction of sp³-hybridized carbons (Fsp3) is 0.200. The van der Waals surface area contributed by atoms with E-state index < -0.39 is 0 Å². The number of aryl methyl sites for hydroxylation is 1. The molecule has 0 saturated heterocycles. The highest BCUT2D eigenvalue weighted by Crippen LogP contribution is 2.41. The number of benzene rings is 2. The lowest BCUT2D eigenvalue weighted by atomic mass is 9.93. The highest BCUT2D eigenvalue weighted by Gasteiger charge is 2.14. The molecule has 18 heavy (non-hydrogen) atoms. The monoisotopic (exact) mass is 244 g/mol. The van der Waals surface area contributed by atoms with Crippen molar-refractivity contribution in [2.75, 3.05) is 0 Å². The van der Waals surface area contributed by atoms with E-state index in [4.69, 9.17) is 0 Å². The summed E-state index contributed by atoms with van der Waals surface area (Å²) in [7, 11) is 0. The molecule has 0 fully saturated rings. The topological polar surface area (TPSA) is 60.7 Å². The summed E-state index contributed by atoms with van der Waals surface area (Å²) >= 11 is 0. The van der Waals surface area contributed by atoms with Crippen molar-refractivity contribution in [1.29, 1.82) is 0 Å². The first kappa shape index (κ1) is 12.3. The van der Waals surface area contributed by atoms with Crippen LogP contribution in [0.2, 0.25) is 0 Å². The van der Waals surface area contributed by atoms with Gasteiger partial charge in [0.2, 0.25) is 0 Å². The molecule has 0 spiro atoms. The highest BCUT2D eigenvalue weighted by atomic mass is 16.3. The molecule has 3 nitrogen and oxygen atoms in total. The first-order valence-corrected chi connectivity index (χ1v) is 5.74. The van der Waals surface area contributed by atoms with Crippen LogP contribution in [-0.2, 0) is 0 Å². The normalized spacial score (nSPS) is 10.6. The average Bonchev–Trinajstić information content (AvgIpc) is 2.31. The lowest BCUT2D eigenvalue weighted by Crippen LogP contribution is -1.91. The Balaban J connectivity index is 2.74. The quantitative estimate of drug-likeness (QED) is 0.532. The SMILES string of the molecule is Cc1ccc(-c2cc(O)cc(O)c2O)c(C)c1C. The van der Waals surface area contributed by atoms with Crippen LogP contribution in [0.1, 0.15) is 16.7 Å². The molecule has 2 rings (SSSR count). The second-order valence-corrected chi connectivity index (χ2v) is 4.54. The summed E-state index contributed by atoms with van der Waals surface area (Å²) in [6, 6.07) is 6.41. The van der Waals surface area contributed by atoms with Crippen LogP contribution < -0.4 is 0 Å². The molecular weight excluding hydrogens is 228 g/mol. The van der Waals surface area contributed by atoms with Crippen molar-refractivity contribution in [3.05, 3.63) is 41.0 Å². The summed E-state index contributed by atoms with van der Waals surface area (Å²) in [6.45, 7) is 5.98. The van der Waals surface area contributed by atoms with Crippen LogP contribution in [-0.4, -0.2) is 15.3 Å². The van der Waals surface area contributed by atoms with Crippen molar-refractivity contribution in [2.45, 2.75) is 20.8 Å². The van der Waals surface area contributed by atoms with Crippen LogP contribution >= 0.6 is 0 Å². The molecule has 0 unspecified atom stereocenters. The van der Waals surface area contributed by atoms with E-state index >= 15 is 0 Å². The fourth-order valence-corrected chi connectivity index (χ4v) is 2.06. The number of phenolic OH excluding ortho intramolecular Hbond substituents is 3. The van der Waals surface area contributed by atoms with Crippen LogP contribution in [0.25, 0.3) is 11.1 Å². The van der Waals surface area contributed by atoms with E-state index in [2.05, 4.69) is 0 Å². The van der Waals surface area contributed by atoms with Gasteiger partial charge in [-0.05, 0) is 49.1 Å². The van der Waals surface area contributed by atoms with E-state index in [1.54, 1.807) is 0 Å². The van der Waals surface area contributed by atoms with Crippen molar-refractivity contribution in [2.24, 2.45) is 0 Å². The third kappa shape index (κ3) is 1.88. The Morgan fingerprint density at radius 2 is 1.44 bits per heavy atom. The standard InChI is InChI=1S/C15H16O3/c1-8-4-5-12(10(3)9(8)2)13-6-11(16)7-14(17)15(13)18/h4-7,16-18H,1-3H3. The molecule has 0 aliphatic heterocycles. The summed E-state index contributed by atoms with van der Waals surface area (Å²) < 4.78 is 0. The zero-order valence-electron chi connectivity index (χ0n) is 10.7. The predicted molar refractivity (Wildman–Crippen MR) is 71.1 cm³/mol. The molecule has 0 amide bonds. The highest BCUT2D eigenvalue weighted by molar-refractivity contribution is 5.78. The van der Waals surface area contributed by atoms with Crippen LogP contribution in [0.5, 0.6) is 17.2 Å². The molecule has 3 heteroatoms. The van der Waals surface area contributed by atoms with Crippen molar-refractivity contribution < 1.29 is 15.3 Å². The molecule has 0 radical (unpaired) electrons. The second-order valence-electron chi connectivity index (χ2n) is 4.54. The minimum absolute atomic E-state index is 0.0714. The van der Waals surface area contributed by atoms with Gasteiger partial charge in [0, 0.05) is 11.6 Å². The Labute approximate surface area is 106 Å². The maximum absolute atomic E-state index is 9.90. The summed E-state index contributed by atoms with van der Waals surface area (Å²) in [4.78, 5) is 0. The molecule has 2 aromatic rings. The number of hydrogen-bond acceptors (Lipinski definition) is 3. The van der Waals surface area contributed by atoms with Gasteiger partial charge in [-0.2, -0.15) is 0 Å². The third-order valence-electron chi connectivity index (χ3n) is 3.42. The molecule has 0 bridgehead atoms. The zero-order chi connectivity index (χ0) is 13.4. The predicted octanol–water partition coefficient (Wildman–Crippen LogP) is 3.40. The number of phenols is 3. The fourth-order valence-electron chi connectivity index (χ4n) is 2.06. The van der Waals surface area contributed by atoms with Crippen LogP contribution in [0.3, 0.4) is 0 Å². The van der Waals surface area contributed by atoms with Crippen LogP contribution in [0.4, 0.5) is 0 Å². The first-order valence-electron chi connectivity index (χ1n) is 5.74. The summed E-state index contributed by atoms with van der Waals surface area (Å²) in [5.74, 6) is -0.597. The van der Waals surface area contributed by atoms with Gasteiger partial charge >= 0.3 is 0 Å². The molecule has 0 saturated carbocycles. The molecule has 3 N–H and O–H groups in total. The Bertz CT molecular complexity index is 616. The van der Waals surface area contributed by atoms with E-state index in [1.807, 2.05) is 32.9 Å². The van der Waals surface area contributed by atoms with Crippen molar-refractivity contribution in [1.82, 2.24) is 0 Å². The zero-order valence-corrected chi connectivity index (χ0v) is 10.7. The Kier molecular flexibility index (Phi) is 2.91. The van der Waals surface area contributed by atoms with Gasteiger partial charge in [0.1, 0.15) is 5.75 Å². The van der Waals surface area contributed by atoms with E-state index in [1.165, 1.54) is 11.6 Å². The molecule has 0 heterocycles. The number of rotatable bonds is 1. The number of hydrogen-bond donors (Lipinski definition) is 3. The smallest absolute Gasteiger partial charge is 0.165 e. The summed E-state index contributed by atoms with van der Waals surface area (Å²) in [6.07, 6.45) is 0. The van der Waals surface area contributed by atoms with Gasteiger partial charge in [0.25, 0.3) is 0 Å². The van der Waals surface area contributed by atoms with E-state index in [-0.39, 0.29) is 17.2 Å². The maximum Gasteiger partial charge on any atom is 0.165 e. The van der Waals surface area contributed by atoms with Crippen molar-refractivity contribution in [3.8, 4) is 28.4 Å². The third-order valence-corrected chi connectivity index (χ3v) is 3.42. The van der Waals surface area contributed by atoms with Gasteiger partial charge < -0.3 is 15.3 Å². The number of aromatic hydroxyl groups is 3. The molecule has 0 aliphatic rings. The summed E-state index contributed by atoms with van der Waals surface area (Å²) in [5, 5.41) is 29.0. The van der Waals surface area contributed by atoms with E-state index in [0.717, 1.165) is 22.8 Å². The van der Waals surface area contributed by atoms with Gasteiger partial charge in [-0.25, -0.2) is 0 Å². The minimum Gasteiger partial charge on any atom is -0.508 e. The van der Waals surface area contributed by atoms with E-state index in [0.29, 0.717) is 5.56 Å². The molecule has 94 valence electrons. The molecule has 0 aliphatic carbocycles. The Hall–Kier alpha value is -2.16. The average molecular weight is 244 g/mol. The second kappa shape index (κ2) is 4.26. The minimum atomic E-state index is -0.317. The van der Waals surface area contributed by atoms with Gasteiger partial charge in [0.05, 0.1) is 0 Å². The van der Waals surface area contributed by atoms with Gasteiger partial charge in [-0.1, -0.05) is 12.1 Å². The largest absolute Gasteiger partial charge is 0.508 e. The van der Waals surface area contributed by atoms with Gasteiger partial charge in [-0.15, -0.1) is 0 Å². The summed E-state index contributed by atoms with van der Waals surface area (Å²) in [5.41, 5.74) is 4.57. The molecule has 2 aromatic carbocycles. The van der Waals surface area contributed by atoms with Crippen molar-refractivity contribution >= 4 is 0 Å². The molecule has 0 aromatic heterocycles. The van der Waals surface area contributed by atoms with E-state index in [9.17, 15) is 15.3 Å². The first-order chi connectivity index (χ1) is 8.41. The van der Waals surface area contributed by atoms with Gasteiger partial charge in [0.15, 0.2) is 11.5 Å². The Morgan fingerprint density at radius 3 is 2.11 bits per heavy atom. The van der Waals surface area contributed by atoms with Crippen LogP contribution in [0, 0.1) is 20.8 Å². The molecule has 0 atom stereocenters.